The zero-order valence-electron chi connectivity index (χ0n) is 27.6. The average molecular weight is 547 g/mol. The van der Waals surface area contributed by atoms with Crippen molar-refractivity contribution in [2.24, 2.45) is 0 Å². The Morgan fingerprint density at radius 3 is 2.05 bits per heavy atom. The normalized spacial score (nSPS) is 14.6. The number of anilines is 3. The molecule has 206 valence electrons. The lowest BCUT2D eigenvalue weighted by Gasteiger charge is -2.41. The molecule has 0 radical (unpaired) electrons. The van der Waals surface area contributed by atoms with Gasteiger partial charge >= 0.3 is 0 Å². The number of benzene rings is 5. The summed E-state index contributed by atoms with van der Waals surface area (Å²) < 4.78 is 21.5. The molecule has 0 fully saturated rings. The number of aromatic nitrogens is 1. The van der Waals surface area contributed by atoms with Crippen molar-refractivity contribution in [2.45, 2.75) is 59.3 Å². The Bertz CT molecular complexity index is 2180. The molecule has 5 aromatic carbocycles. The second-order valence-electron chi connectivity index (χ2n) is 14.2. The SMILES string of the molecule is [2H]c1c(C)c([2H])c2c3c1N(c1ccc(C(C)(C)C)cc1)c1ccc(C(C)(C)C)cc1B3c1cccc3c4ccccc4n-2c13. The second-order valence-corrected chi connectivity index (χ2v) is 14.2. The third-order valence-corrected chi connectivity index (χ3v) is 9.33. The maximum Gasteiger partial charge on any atom is 0.252 e. The van der Waals surface area contributed by atoms with Crippen LogP contribution in [0.15, 0.2) is 97.0 Å². The van der Waals surface area contributed by atoms with Crippen LogP contribution in [-0.4, -0.2) is 11.3 Å². The molecule has 6 aromatic rings. The van der Waals surface area contributed by atoms with Gasteiger partial charge in [-0.05, 0) is 87.2 Å². The highest BCUT2D eigenvalue weighted by molar-refractivity contribution is 7.00. The summed E-state index contributed by atoms with van der Waals surface area (Å²) in [5.41, 5.74) is 13.0. The third-order valence-electron chi connectivity index (χ3n) is 9.33. The predicted molar refractivity (Wildman–Crippen MR) is 182 cm³/mol. The topological polar surface area (TPSA) is 8.17 Å². The monoisotopic (exact) mass is 546 g/mol. The second kappa shape index (κ2) is 8.41. The molecule has 0 aliphatic carbocycles. The summed E-state index contributed by atoms with van der Waals surface area (Å²) in [5.74, 6) is 0. The number of rotatable bonds is 1. The first-order valence-electron chi connectivity index (χ1n) is 16.1. The van der Waals surface area contributed by atoms with Crippen molar-refractivity contribution in [2.75, 3.05) is 4.90 Å². The maximum atomic E-state index is 9.59. The molecule has 2 nitrogen and oxygen atoms in total. The molecule has 0 spiro atoms. The van der Waals surface area contributed by atoms with E-state index in [9.17, 15) is 2.74 Å². The van der Waals surface area contributed by atoms with Crippen LogP contribution >= 0.6 is 0 Å². The number of hydrogen-bond acceptors (Lipinski definition) is 1. The molecule has 0 atom stereocenters. The summed E-state index contributed by atoms with van der Waals surface area (Å²) in [6.45, 7) is 15.4. The Kier molecular flexibility index (Phi) is 4.68. The lowest BCUT2D eigenvalue weighted by Crippen LogP contribution is -2.60. The van der Waals surface area contributed by atoms with Crippen molar-refractivity contribution >= 4 is 62.0 Å². The molecule has 0 saturated heterocycles. The lowest BCUT2D eigenvalue weighted by molar-refractivity contribution is 0.590. The van der Waals surface area contributed by atoms with Gasteiger partial charge in [-0.3, -0.25) is 0 Å². The van der Waals surface area contributed by atoms with Crippen LogP contribution in [0.25, 0.3) is 27.5 Å². The fourth-order valence-electron chi connectivity index (χ4n) is 7.20. The van der Waals surface area contributed by atoms with Gasteiger partial charge in [0.15, 0.2) is 0 Å². The van der Waals surface area contributed by atoms with Gasteiger partial charge in [-0.25, -0.2) is 0 Å². The first-order chi connectivity index (χ1) is 20.9. The summed E-state index contributed by atoms with van der Waals surface area (Å²) >= 11 is 0. The minimum atomic E-state index is -0.0864. The summed E-state index contributed by atoms with van der Waals surface area (Å²) in [5, 5.41) is 2.41. The quantitative estimate of drug-likeness (QED) is 0.188. The van der Waals surface area contributed by atoms with Gasteiger partial charge in [0.05, 0.1) is 8.26 Å². The molecule has 0 saturated carbocycles. The molecule has 42 heavy (non-hydrogen) atoms. The van der Waals surface area contributed by atoms with Gasteiger partial charge in [-0.15, -0.1) is 0 Å². The molecule has 0 N–H and O–H groups in total. The van der Waals surface area contributed by atoms with Gasteiger partial charge in [0.25, 0.3) is 6.71 Å². The summed E-state index contributed by atoms with van der Waals surface area (Å²) in [4.78, 5) is 2.30. The highest BCUT2D eigenvalue weighted by Crippen LogP contribution is 2.42. The van der Waals surface area contributed by atoms with Crippen LogP contribution in [0.4, 0.5) is 17.1 Å². The summed E-state index contributed by atoms with van der Waals surface area (Å²) in [6.07, 6.45) is 0. The van der Waals surface area contributed by atoms with Gasteiger partial charge in [-0.1, -0.05) is 102 Å². The van der Waals surface area contributed by atoms with Crippen LogP contribution in [0.5, 0.6) is 0 Å². The van der Waals surface area contributed by atoms with Crippen LogP contribution in [0.3, 0.4) is 0 Å². The first kappa shape index (κ1) is 23.3. The fourth-order valence-corrected chi connectivity index (χ4v) is 7.20. The van der Waals surface area contributed by atoms with Crippen molar-refractivity contribution in [1.82, 2.24) is 4.57 Å². The van der Waals surface area contributed by atoms with Gasteiger partial charge in [0, 0.05) is 39.0 Å². The smallest absolute Gasteiger partial charge is 0.252 e. The van der Waals surface area contributed by atoms with E-state index in [0.717, 1.165) is 33.7 Å². The summed E-state index contributed by atoms with van der Waals surface area (Å²) in [7, 11) is 0. The van der Waals surface area contributed by atoms with Gasteiger partial charge < -0.3 is 9.47 Å². The molecule has 3 heteroatoms. The molecular weight excluding hydrogens is 507 g/mol. The molecule has 0 bridgehead atoms. The summed E-state index contributed by atoms with van der Waals surface area (Å²) in [6, 6.07) is 31.9. The van der Waals surface area contributed by atoms with E-state index in [1.165, 1.54) is 38.3 Å². The first-order valence-corrected chi connectivity index (χ1v) is 15.1. The zero-order chi connectivity index (χ0) is 30.9. The molecule has 2 aliphatic heterocycles. The number of para-hydroxylation sites is 2. The van der Waals surface area contributed by atoms with Gasteiger partial charge in [-0.2, -0.15) is 0 Å². The van der Waals surface area contributed by atoms with E-state index >= 15 is 0 Å². The maximum absolute atomic E-state index is 9.59. The Balaban J connectivity index is 1.56. The van der Waals surface area contributed by atoms with Gasteiger partial charge in [0.2, 0.25) is 0 Å². The van der Waals surface area contributed by atoms with Crippen molar-refractivity contribution in [3.63, 3.8) is 0 Å². The van der Waals surface area contributed by atoms with Crippen LogP contribution in [0.1, 0.15) is 61.0 Å². The highest BCUT2D eigenvalue weighted by atomic mass is 15.2. The molecule has 0 amide bonds. The van der Waals surface area contributed by atoms with Crippen LogP contribution in [0.2, 0.25) is 0 Å². The Labute approximate surface area is 252 Å². The van der Waals surface area contributed by atoms with E-state index in [0.29, 0.717) is 17.6 Å². The van der Waals surface area contributed by atoms with Crippen molar-refractivity contribution in [1.29, 1.82) is 0 Å². The van der Waals surface area contributed by atoms with Crippen LogP contribution in [0, 0.1) is 6.92 Å². The molecule has 2 aliphatic rings. The lowest BCUT2D eigenvalue weighted by atomic mass is 9.33. The minimum absolute atomic E-state index is 0.0264. The minimum Gasteiger partial charge on any atom is -0.311 e. The van der Waals surface area contributed by atoms with E-state index in [1.54, 1.807) is 0 Å². The van der Waals surface area contributed by atoms with E-state index in [-0.39, 0.29) is 17.5 Å². The van der Waals surface area contributed by atoms with Crippen LogP contribution in [-0.2, 0) is 10.8 Å². The van der Waals surface area contributed by atoms with E-state index in [1.807, 2.05) is 6.92 Å². The van der Waals surface area contributed by atoms with E-state index in [2.05, 4.69) is 136 Å². The molecule has 3 heterocycles. The largest absolute Gasteiger partial charge is 0.311 e. The Hall–Kier alpha value is -4.24. The highest BCUT2D eigenvalue weighted by Gasteiger charge is 2.42. The van der Waals surface area contributed by atoms with Gasteiger partial charge in [0.1, 0.15) is 0 Å². The number of fused-ring (bicyclic) bond motifs is 7. The molecule has 1 aromatic heterocycles. The Morgan fingerprint density at radius 2 is 1.31 bits per heavy atom. The molecule has 0 unspecified atom stereocenters. The fraction of sp³-hybridized carbons (Fsp3) is 0.231. The molecular formula is C39H37BN2. The zero-order valence-corrected chi connectivity index (χ0v) is 25.6. The molecule has 8 rings (SSSR count). The number of hydrogen-bond donors (Lipinski definition) is 0. The van der Waals surface area contributed by atoms with Crippen LogP contribution < -0.4 is 21.3 Å². The predicted octanol–water partition coefficient (Wildman–Crippen LogP) is 8.30. The average Bonchev–Trinajstić information content (AvgIpc) is 3.33. The Morgan fingerprint density at radius 1 is 0.643 bits per heavy atom. The van der Waals surface area contributed by atoms with E-state index < -0.39 is 0 Å². The number of nitrogens with zero attached hydrogens (tertiary/aromatic N) is 2. The van der Waals surface area contributed by atoms with Crippen molar-refractivity contribution in [3.05, 3.63) is 114 Å². The van der Waals surface area contributed by atoms with Crippen molar-refractivity contribution < 1.29 is 2.74 Å². The van der Waals surface area contributed by atoms with E-state index in [4.69, 9.17) is 0 Å². The third kappa shape index (κ3) is 3.46. The standard InChI is InChI=1S/C39H37BN2/c1-24-21-34-36-35(22-24)42-32-14-9-8-11-28(32)29-12-10-13-30(37(29)42)40(36)31-23-26(39(5,6)7)17-20-33(31)41(34)27-18-15-25(16-19-27)38(2,3)4/h8-23H,1-7H3/i21D,22D. The van der Waals surface area contributed by atoms with Crippen molar-refractivity contribution in [3.8, 4) is 5.69 Å².